The van der Waals surface area contributed by atoms with Crippen LogP contribution in [0, 0.1) is 0 Å². The van der Waals surface area contributed by atoms with E-state index in [1.807, 2.05) is 6.92 Å². The Hall–Kier alpha value is -0.120. The molecular formula is C9H19NO2. The minimum atomic E-state index is -0.238. The van der Waals surface area contributed by atoms with E-state index in [4.69, 9.17) is 0 Å². The van der Waals surface area contributed by atoms with Crippen molar-refractivity contribution in [1.29, 1.82) is 0 Å². The first-order chi connectivity index (χ1) is 5.63. The lowest BCUT2D eigenvalue weighted by Gasteiger charge is -2.22. The molecule has 72 valence electrons. The first-order valence-electron chi connectivity index (χ1n) is 4.73. The molecule has 0 aromatic rings. The fourth-order valence-corrected chi connectivity index (χ4v) is 1.72. The van der Waals surface area contributed by atoms with Gasteiger partial charge in [-0.05, 0) is 19.8 Å². The lowest BCUT2D eigenvalue weighted by atomic mass is 10.2. The number of hydrogen-bond acceptors (Lipinski definition) is 3. The maximum absolute atomic E-state index is 9.40. The van der Waals surface area contributed by atoms with Crippen LogP contribution in [0.1, 0.15) is 26.7 Å². The summed E-state index contributed by atoms with van der Waals surface area (Å²) in [6.07, 6.45) is 1.21. The first-order valence-corrected chi connectivity index (χ1v) is 4.73. The predicted octanol–water partition coefficient (Wildman–Crippen LogP) is 0.212. The van der Waals surface area contributed by atoms with Crippen LogP contribution in [-0.4, -0.2) is 46.5 Å². The van der Waals surface area contributed by atoms with Crippen molar-refractivity contribution in [3.8, 4) is 0 Å². The number of rotatable bonds is 3. The SMILES string of the molecule is CC[C@@H](O)CN1CC(O)CC1C. The third-order valence-electron chi connectivity index (χ3n) is 2.60. The van der Waals surface area contributed by atoms with Gasteiger partial charge >= 0.3 is 0 Å². The molecule has 0 saturated carbocycles. The van der Waals surface area contributed by atoms with Gasteiger partial charge in [-0.1, -0.05) is 6.92 Å². The minimum Gasteiger partial charge on any atom is -0.392 e. The van der Waals surface area contributed by atoms with Gasteiger partial charge in [-0.2, -0.15) is 0 Å². The summed E-state index contributed by atoms with van der Waals surface area (Å²) in [6, 6.07) is 0.418. The van der Waals surface area contributed by atoms with Gasteiger partial charge in [0.15, 0.2) is 0 Å². The van der Waals surface area contributed by atoms with Gasteiger partial charge in [0, 0.05) is 19.1 Å². The largest absolute Gasteiger partial charge is 0.392 e. The van der Waals surface area contributed by atoms with Crippen LogP contribution in [0.2, 0.25) is 0 Å². The second-order valence-electron chi connectivity index (χ2n) is 3.75. The Kier molecular flexibility index (Phi) is 3.50. The molecule has 3 atom stereocenters. The van der Waals surface area contributed by atoms with Crippen molar-refractivity contribution in [2.45, 2.75) is 44.9 Å². The van der Waals surface area contributed by atoms with Crippen LogP contribution in [0.4, 0.5) is 0 Å². The van der Waals surface area contributed by atoms with Crippen molar-refractivity contribution in [2.24, 2.45) is 0 Å². The van der Waals surface area contributed by atoms with Gasteiger partial charge < -0.3 is 10.2 Å². The molecule has 0 aliphatic carbocycles. The lowest BCUT2D eigenvalue weighted by molar-refractivity contribution is 0.0986. The molecule has 2 N–H and O–H groups in total. The average molecular weight is 173 g/mol. The second-order valence-corrected chi connectivity index (χ2v) is 3.75. The van der Waals surface area contributed by atoms with Gasteiger partial charge in [0.25, 0.3) is 0 Å². The third kappa shape index (κ3) is 2.44. The molecule has 12 heavy (non-hydrogen) atoms. The molecule has 0 bridgehead atoms. The van der Waals surface area contributed by atoms with Crippen LogP contribution in [0.25, 0.3) is 0 Å². The van der Waals surface area contributed by atoms with Crippen LogP contribution in [-0.2, 0) is 0 Å². The van der Waals surface area contributed by atoms with Crippen LogP contribution in [0.3, 0.4) is 0 Å². The maximum Gasteiger partial charge on any atom is 0.0682 e. The van der Waals surface area contributed by atoms with E-state index < -0.39 is 0 Å². The number of nitrogens with zero attached hydrogens (tertiary/aromatic N) is 1. The molecule has 1 saturated heterocycles. The zero-order valence-electron chi connectivity index (χ0n) is 7.90. The summed E-state index contributed by atoms with van der Waals surface area (Å²) in [6.45, 7) is 5.49. The number of aliphatic hydroxyl groups excluding tert-OH is 2. The highest BCUT2D eigenvalue weighted by atomic mass is 16.3. The fraction of sp³-hybridized carbons (Fsp3) is 1.00. The zero-order chi connectivity index (χ0) is 9.14. The maximum atomic E-state index is 9.40. The Balaban J connectivity index is 2.32. The summed E-state index contributed by atoms with van der Waals surface area (Å²) in [5.41, 5.74) is 0. The Bertz CT molecular complexity index is 140. The van der Waals surface area contributed by atoms with Crippen molar-refractivity contribution < 1.29 is 10.2 Å². The molecule has 0 radical (unpaired) electrons. The van der Waals surface area contributed by atoms with Crippen LogP contribution in [0.15, 0.2) is 0 Å². The third-order valence-corrected chi connectivity index (χ3v) is 2.60. The van der Waals surface area contributed by atoms with E-state index in [1.165, 1.54) is 0 Å². The summed E-state index contributed by atoms with van der Waals surface area (Å²) in [5, 5.41) is 18.7. The van der Waals surface area contributed by atoms with Gasteiger partial charge in [0.2, 0.25) is 0 Å². The van der Waals surface area contributed by atoms with E-state index in [0.29, 0.717) is 12.6 Å². The van der Waals surface area contributed by atoms with Crippen molar-refractivity contribution >= 4 is 0 Å². The molecule has 0 spiro atoms. The van der Waals surface area contributed by atoms with Crippen molar-refractivity contribution in [2.75, 3.05) is 13.1 Å². The zero-order valence-corrected chi connectivity index (χ0v) is 7.90. The molecule has 1 heterocycles. The Morgan fingerprint density at radius 2 is 2.25 bits per heavy atom. The Morgan fingerprint density at radius 1 is 1.58 bits per heavy atom. The highest BCUT2D eigenvalue weighted by Crippen LogP contribution is 2.17. The van der Waals surface area contributed by atoms with Crippen LogP contribution >= 0.6 is 0 Å². The fourth-order valence-electron chi connectivity index (χ4n) is 1.72. The van der Waals surface area contributed by atoms with Crippen LogP contribution < -0.4 is 0 Å². The first kappa shape index (κ1) is 9.96. The molecule has 3 nitrogen and oxygen atoms in total. The van der Waals surface area contributed by atoms with E-state index in [9.17, 15) is 10.2 Å². The van der Waals surface area contributed by atoms with Crippen molar-refractivity contribution in [3.63, 3.8) is 0 Å². The summed E-state index contributed by atoms with van der Waals surface area (Å²) >= 11 is 0. The number of aliphatic hydroxyl groups is 2. The molecule has 0 amide bonds. The lowest BCUT2D eigenvalue weighted by Crippen LogP contribution is -2.35. The standard InChI is InChI=1S/C9H19NO2/c1-3-8(11)5-10-6-9(12)4-7(10)2/h7-9,11-12H,3-6H2,1-2H3/t7?,8-,9?/m1/s1. The van der Waals surface area contributed by atoms with E-state index in [-0.39, 0.29) is 12.2 Å². The summed E-state index contributed by atoms with van der Waals surface area (Å²) in [4.78, 5) is 2.15. The van der Waals surface area contributed by atoms with Crippen molar-refractivity contribution in [1.82, 2.24) is 4.90 Å². The smallest absolute Gasteiger partial charge is 0.0682 e. The molecule has 1 aliphatic heterocycles. The van der Waals surface area contributed by atoms with E-state index in [2.05, 4.69) is 11.8 Å². The summed E-state index contributed by atoms with van der Waals surface area (Å²) < 4.78 is 0. The molecular weight excluding hydrogens is 154 g/mol. The molecule has 0 aromatic heterocycles. The van der Waals surface area contributed by atoms with E-state index in [0.717, 1.165) is 19.4 Å². The minimum absolute atomic E-state index is 0.191. The average Bonchev–Trinajstić information content (AvgIpc) is 2.30. The molecule has 1 rings (SSSR count). The van der Waals surface area contributed by atoms with E-state index in [1.54, 1.807) is 0 Å². The monoisotopic (exact) mass is 173 g/mol. The van der Waals surface area contributed by atoms with Gasteiger partial charge in [-0.15, -0.1) is 0 Å². The molecule has 1 fully saturated rings. The molecule has 1 aliphatic rings. The molecule has 0 aromatic carbocycles. The summed E-state index contributed by atoms with van der Waals surface area (Å²) in [5.74, 6) is 0. The van der Waals surface area contributed by atoms with Gasteiger partial charge in [-0.25, -0.2) is 0 Å². The normalized spacial score (nSPS) is 34.0. The topological polar surface area (TPSA) is 43.7 Å². The summed E-state index contributed by atoms with van der Waals surface area (Å²) in [7, 11) is 0. The number of β-amino-alcohol motifs (C(OH)–C–C–N with tert-alkyl or cyclic N) is 2. The van der Waals surface area contributed by atoms with Gasteiger partial charge in [-0.3, -0.25) is 4.90 Å². The van der Waals surface area contributed by atoms with Crippen molar-refractivity contribution in [3.05, 3.63) is 0 Å². The molecule has 2 unspecified atom stereocenters. The van der Waals surface area contributed by atoms with Gasteiger partial charge in [0.1, 0.15) is 0 Å². The van der Waals surface area contributed by atoms with E-state index >= 15 is 0 Å². The quantitative estimate of drug-likeness (QED) is 0.641. The highest BCUT2D eigenvalue weighted by molar-refractivity contribution is 4.82. The molecule has 3 heteroatoms. The second kappa shape index (κ2) is 4.21. The Morgan fingerprint density at radius 3 is 2.67 bits per heavy atom. The predicted molar refractivity (Wildman–Crippen MR) is 48.0 cm³/mol. The number of hydrogen-bond donors (Lipinski definition) is 2. The highest BCUT2D eigenvalue weighted by Gasteiger charge is 2.28. The number of likely N-dealkylation sites (tertiary alicyclic amines) is 1. The Labute approximate surface area is 74.0 Å². The van der Waals surface area contributed by atoms with Gasteiger partial charge in [0.05, 0.1) is 12.2 Å². The van der Waals surface area contributed by atoms with Crippen LogP contribution in [0.5, 0.6) is 0 Å².